The minimum atomic E-state index is -0.228. The van der Waals surface area contributed by atoms with Crippen molar-refractivity contribution in [1.82, 2.24) is 24.5 Å². The summed E-state index contributed by atoms with van der Waals surface area (Å²) in [6, 6.07) is 18.7. The van der Waals surface area contributed by atoms with Gasteiger partial charge in [0.15, 0.2) is 5.82 Å². The molecule has 2 aliphatic rings. The second kappa shape index (κ2) is 11.1. The molecular formula is C29H20Cl5N7S. The van der Waals surface area contributed by atoms with E-state index in [0.29, 0.717) is 49.0 Å². The Morgan fingerprint density at radius 3 is 2.21 bits per heavy atom. The number of rotatable bonds is 7. The summed E-state index contributed by atoms with van der Waals surface area (Å²) in [6.45, 7) is 0.401. The van der Waals surface area contributed by atoms with Crippen molar-refractivity contribution in [3.8, 4) is 16.9 Å². The number of anilines is 1. The lowest BCUT2D eigenvalue weighted by Crippen LogP contribution is -2.18. The number of aromatic nitrogens is 5. The zero-order valence-electron chi connectivity index (χ0n) is 21.7. The van der Waals surface area contributed by atoms with E-state index in [9.17, 15) is 0 Å². The Bertz CT molecular complexity index is 1830. The molecule has 7 rings (SSSR count). The third-order valence-electron chi connectivity index (χ3n) is 7.39. The molecule has 212 valence electrons. The van der Waals surface area contributed by atoms with Crippen LogP contribution < -0.4 is 5.01 Å². The smallest absolute Gasteiger partial charge is 0.177 e. The quantitative estimate of drug-likeness (QED) is 0.172. The van der Waals surface area contributed by atoms with Crippen LogP contribution in [0.3, 0.4) is 0 Å². The van der Waals surface area contributed by atoms with Crippen LogP contribution in [-0.4, -0.2) is 35.5 Å². The highest BCUT2D eigenvalue weighted by Crippen LogP contribution is 2.55. The summed E-state index contributed by atoms with van der Waals surface area (Å²) >= 11 is 33.8. The van der Waals surface area contributed by atoms with E-state index in [2.05, 4.69) is 10.1 Å². The van der Waals surface area contributed by atoms with Crippen LogP contribution in [0.1, 0.15) is 24.0 Å². The van der Waals surface area contributed by atoms with Crippen molar-refractivity contribution in [3.05, 3.63) is 110 Å². The van der Waals surface area contributed by atoms with Crippen molar-refractivity contribution in [3.63, 3.8) is 0 Å². The van der Waals surface area contributed by atoms with Gasteiger partial charge >= 0.3 is 0 Å². The maximum atomic E-state index is 6.74. The minimum absolute atomic E-state index is 0.228. The Morgan fingerprint density at radius 2 is 1.55 bits per heavy atom. The highest BCUT2D eigenvalue weighted by molar-refractivity contribution is 8.14. The lowest BCUT2D eigenvalue weighted by Gasteiger charge is -2.16. The van der Waals surface area contributed by atoms with Gasteiger partial charge in [-0.1, -0.05) is 88.0 Å². The molecule has 1 saturated carbocycles. The fourth-order valence-corrected chi connectivity index (χ4v) is 7.61. The molecule has 0 N–H and O–H groups in total. The molecule has 5 aromatic rings. The molecule has 0 bridgehead atoms. The fraction of sp³-hybridized carbons (Fsp3) is 0.172. The van der Waals surface area contributed by atoms with E-state index in [-0.39, 0.29) is 5.41 Å². The van der Waals surface area contributed by atoms with Gasteiger partial charge in [-0.15, -0.1) is 5.10 Å². The van der Waals surface area contributed by atoms with Crippen molar-refractivity contribution in [2.24, 2.45) is 5.10 Å². The average molecular weight is 676 g/mol. The number of benzene rings is 3. The van der Waals surface area contributed by atoms with Gasteiger partial charge in [0.1, 0.15) is 17.7 Å². The highest BCUT2D eigenvalue weighted by atomic mass is 35.5. The van der Waals surface area contributed by atoms with E-state index in [1.807, 2.05) is 52.2 Å². The van der Waals surface area contributed by atoms with Crippen LogP contribution >= 0.6 is 69.8 Å². The summed E-state index contributed by atoms with van der Waals surface area (Å²) in [7, 11) is 0. The first-order chi connectivity index (χ1) is 20.3. The molecule has 3 heterocycles. The van der Waals surface area contributed by atoms with Crippen LogP contribution in [0.25, 0.3) is 16.9 Å². The van der Waals surface area contributed by atoms with E-state index in [4.69, 9.17) is 68.2 Å². The maximum absolute atomic E-state index is 6.74. The summed E-state index contributed by atoms with van der Waals surface area (Å²) < 4.78 is 3.60. The van der Waals surface area contributed by atoms with Crippen molar-refractivity contribution in [2.75, 3.05) is 10.9 Å². The van der Waals surface area contributed by atoms with Crippen molar-refractivity contribution in [2.45, 2.75) is 24.8 Å². The highest BCUT2D eigenvalue weighted by Gasteiger charge is 2.52. The number of hydrazone groups is 1. The molecule has 13 heteroatoms. The molecule has 7 nitrogen and oxygen atoms in total. The number of nitrogens with zero attached hydrogens (tertiary/aromatic N) is 7. The number of hydrogen-bond donors (Lipinski definition) is 0. The molecular weight excluding hydrogens is 656 g/mol. The normalized spacial score (nSPS) is 15.7. The molecule has 0 unspecified atom stereocenters. The van der Waals surface area contributed by atoms with E-state index >= 15 is 0 Å². The van der Waals surface area contributed by atoms with Crippen LogP contribution in [0, 0.1) is 0 Å². The SMILES string of the molecule is Clc1ccc(-c2c(Cn3cncn3)c(N3CSC(C4(c5ccc(Cl)cc5Cl)CC4)=N3)nn2-c2ccc(Cl)cc2Cl)cc1. The lowest BCUT2D eigenvalue weighted by molar-refractivity contribution is 0.684. The van der Waals surface area contributed by atoms with Gasteiger partial charge in [-0.2, -0.15) is 10.2 Å². The Kier molecular flexibility index (Phi) is 7.41. The zero-order chi connectivity index (χ0) is 29.0. The summed E-state index contributed by atoms with van der Waals surface area (Å²) in [5.41, 5.74) is 4.13. The molecule has 2 aromatic heterocycles. The largest absolute Gasteiger partial charge is 0.248 e. The Labute approximate surface area is 271 Å². The van der Waals surface area contributed by atoms with Gasteiger partial charge in [-0.25, -0.2) is 19.4 Å². The Morgan fingerprint density at radius 1 is 0.833 bits per heavy atom. The molecule has 1 aliphatic heterocycles. The first-order valence-corrected chi connectivity index (χ1v) is 15.8. The Hall–Kier alpha value is -2.72. The van der Waals surface area contributed by atoms with E-state index in [0.717, 1.165) is 40.3 Å². The summed E-state index contributed by atoms with van der Waals surface area (Å²) in [5.74, 6) is 1.26. The molecule has 0 amide bonds. The summed E-state index contributed by atoms with van der Waals surface area (Å²) in [4.78, 5) is 4.15. The standard InChI is InChI=1S/C29H20Cl5N7S/c30-18-3-1-17(2-4-18)26-21(13-39-15-35-14-36-39)27(37-41(26)25-8-6-20(32)12-24(25)34)40-16-42-28(38-40)29(9-10-29)22-7-5-19(31)11-23(22)33/h1-8,11-12,14-15H,9-10,13,16H2. The van der Waals surface area contributed by atoms with Gasteiger partial charge in [0.2, 0.25) is 0 Å². The van der Waals surface area contributed by atoms with Crippen LogP contribution in [0.4, 0.5) is 5.82 Å². The van der Waals surface area contributed by atoms with Gasteiger partial charge in [-0.05, 0) is 60.9 Å². The molecule has 3 aromatic carbocycles. The fourth-order valence-electron chi connectivity index (χ4n) is 5.23. The van der Waals surface area contributed by atoms with Crippen molar-refractivity contribution >= 4 is 80.6 Å². The molecule has 42 heavy (non-hydrogen) atoms. The third-order valence-corrected chi connectivity index (χ3v) is 9.85. The Balaban J connectivity index is 1.40. The lowest BCUT2D eigenvalue weighted by atomic mass is 9.97. The second-order valence-corrected chi connectivity index (χ2v) is 13.1. The summed E-state index contributed by atoms with van der Waals surface area (Å²) in [6.07, 6.45) is 5.11. The molecule has 0 spiro atoms. The van der Waals surface area contributed by atoms with Gasteiger partial charge in [-0.3, -0.25) is 0 Å². The van der Waals surface area contributed by atoms with Crippen LogP contribution in [0.5, 0.6) is 0 Å². The van der Waals surface area contributed by atoms with E-state index < -0.39 is 0 Å². The predicted molar refractivity (Wildman–Crippen MR) is 173 cm³/mol. The van der Waals surface area contributed by atoms with Crippen LogP contribution in [0.15, 0.2) is 78.4 Å². The molecule has 0 atom stereocenters. The van der Waals surface area contributed by atoms with Crippen molar-refractivity contribution in [1.29, 1.82) is 0 Å². The number of hydrogen-bond acceptors (Lipinski definition) is 6. The van der Waals surface area contributed by atoms with Gasteiger partial charge in [0.05, 0.1) is 28.8 Å². The molecule has 0 saturated heterocycles. The topological polar surface area (TPSA) is 64.1 Å². The van der Waals surface area contributed by atoms with Gasteiger partial charge < -0.3 is 0 Å². The average Bonchev–Trinajstić information content (AvgIpc) is 3.30. The maximum Gasteiger partial charge on any atom is 0.177 e. The molecule has 0 radical (unpaired) electrons. The first-order valence-electron chi connectivity index (χ1n) is 12.9. The minimum Gasteiger partial charge on any atom is -0.248 e. The summed E-state index contributed by atoms with van der Waals surface area (Å²) in [5, 5.41) is 20.5. The number of halogens is 5. The third kappa shape index (κ3) is 5.08. The predicted octanol–water partition coefficient (Wildman–Crippen LogP) is 9.00. The van der Waals surface area contributed by atoms with Crippen LogP contribution in [-0.2, 0) is 12.0 Å². The second-order valence-electron chi connectivity index (χ2n) is 10.0. The van der Waals surface area contributed by atoms with E-state index in [1.165, 1.54) is 6.33 Å². The van der Waals surface area contributed by atoms with Gasteiger partial charge in [0.25, 0.3) is 0 Å². The van der Waals surface area contributed by atoms with Crippen molar-refractivity contribution < 1.29 is 0 Å². The van der Waals surface area contributed by atoms with Gasteiger partial charge in [0, 0.05) is 36.6 Å². The zero-order valence-corrected chi connectivity index (χ0v) is 26.3. The monoisotopic (exact) mass is 673 g/mol. The van der Waals surface area contributed by atoms with Crippen LogP contribution in [0.2, 0.25) is 25.1 Å². The molecule has 1 aliphatic carbocycles. The van der Waals surface area contributed by atoms with E-state index in [1.54, 1.807) is 41.0 Å². The first kappa shape index (κ1) is 28.1. The molecule has 1 fully saturated rings. The number of thioether (sulfide) groups is 1.